The number of hydrogen-bond acceptors (Lipinski definition) is 6. The van der Waals surface area contributed by atoms with Crippen LogP contribution < -0.4 is 14.8 Å². The van der Waals surface area contributed by atoms with Crippen molar-refractivity contribution in [2.45, 2.75) is 31.7 Å². The zero-order valence-corrected chi connectivity index (χ0v) is 16.9. The van der Waals surface area contributed by atoms with Gasteiger partial charge in [0.05, 0.1) is 37.5 Å². The SMILES string of the molecule is COc1cccc([C@@H]2CC(=O)Nc3c2c(C)nn3[C@H]2CCS(=O)(=O)C2)c1OC. The highest BCUT2D eigenvalue weighted by atomic mass is 32.2. The van der Waals surface area contributed by atoms with Crippen molar-refractivity contribution in [1.82, 2.24) is 9.78 Å². The molecule has 1 aromatic heterocycles. The molecule has 2 aromatic rings. The Labute approximate surface area is 163 Å². The second-order valence-electron chi connectivity index (χ2n) is 7.24. The van der Waals surface area contributed by atoms with E-state index in [0.717, 1.165) is 16.8 Å². The summed E-state index contributed by atoms with van der Waals surface area (Å²) in [6, 6.07) is 5.34. The van der Waals surface area contributed by atoms with Crippen LogP contribution in [-0.4, -0.2) is 49.8 Å². The third kappa shape index (κ3) is 3.03. The van der Waals surface area contributed by atoms with Crippen LogP contribution >= 0.6 is 0 Å². The van der Waals surface area contributed by atoms with E-state index in [-0.39, 0.29) is 35.8 Å². The molecule has 1 aromatic carbocycles. The normalized spacial score (nSPS) is 23.2. The van der Waals surface area contributed by atoms with E-state index in [9.17, 15) is 13.2 Å². The van der Waals surface area contributed by atoms with E-state index in [4.69, 9.17) is 9.47 Å². The fourth-order valence-corrected chi connectivity index (χ4v) is 5.95. The minimum Gasteiger partial charge on any atom is -0.493 e. The first-order valence-corrected chi connectivity index (χ1v) is 11.0. The second kappa shape index (κ2) is 6.80. The predicted octanol–water partition coefficient (Wildman–Crippen LogP) is 2.04. The molecular weight excluding hydrogens is 382 g/mol. The average Bonchev–Trinajstić information content (AvgIpc) is 3.19. The van der Waals surface area contributed by atoms with Crippen LogP contribution in [0.3, 0.4) is 0 Å². The van der Waals surface area contributed by atoms with Gasteiger partial charge in [-0.3, -0.25) is 4.79 Å². The van der Waals surface area contributed by atoms with Crippen molar-refractivity contribution in [1.29, 1.82) is 0 Å². The summed E-state index contributed by atoms with van der Waals surface area (Å²) in [5.41, 5.74) is 2.52. The van der Waals surface area contributed by atoms with Gasteiger partial charge in [0.15, 0.2) is 21.3 Å². The first kappa shape index (κ1) is 18.8. The van der Waals surface area contributed by atoms with E-state index >= 15 is 0 Å². The lowest BCUT2D eigenvalue weighted by Gasteiger charge is -2.27. The first-order chi connectivity index (χ1) is 13.3. The van der Waals surface area contributed by atoms with Gasteiger partial charge in [-0.2, -0.15) is 5.10 Å². The molecule has 2 atom stereocenters. The van der Waals surface area contributed by atoms with Gasteiger partial charge in [0.2, 0.25) is 5.91 Å². The summed E-state index contributed by atoms with van der Waals surface area (Å²) in [7, 11) is 0.0782. The number of nitrogens with zero attached hydrogens (tertiary/aromatic N) is 2. The van der Waals surface area contributed by atoms with Gasteiger partial charge in [-0.05, 0) is 19.4 Å². The Morgan fingerprint density at radius 1 is 1.25 bits per heavy atom. The largest absolute Gasteiger partial charge is 0.493 e. The van der Waals surface area contributed by atoms with Crippen molar-refractivity contribution in [3.05, 3.63) is 35.0 Å². The molecule has 9 heteroatoms. The third-order valence-electron chi connectivity index (χ3n) is 5.49. The number of sulfone groups is 1. The molecule has 8 nitrogen and oxygen atoms in total. The van der Waals surface area contributed by atoms with E-state index in [0.29, 0.717) is 23.7 Å². The van der Waals surface area contributed by atoms with Crippen LogP contribution in [0.2, 0.25) is 0 Å². The van der Waals surface area contributed by atoms with Crippen molar-refractivity contribution in [2.75, 3.05) is 31.0 Å². The lowest BCUT2D eigenvalue weighted by atomic mass is 9.85. The molecule has 1 saturated heterocycles. The Balaban J connectivity index is 1.84. The molecule has 2 aliphatic heterocycles. The Kier molecular flexibility index (Phi) is 4.57. The molecule has 1 N–H and O–H groups in total. The van der Waals surface area contributed by atoms with Crippen molar-refractivity contribution in [3.63, 3.8) is 0 Å². The molecule has 0 unspecified atom stereocenters. The lowest BCUT2D eigenvalue weighted by Crippen LogP contribution is -2.26. The van der Waals surface area contributed by atoms with Crippen LogP contribution in [0.4, 0.5) is 5.82 Å². The van der Waals surface area contributed by atoms with Crippen molar-refractivity contribution >= 4 is 21.6 Å². The predicted molar refractivity (Wildman–Crippen MR) is 104 cm³/mol. The number of rotatable bonds is 4. The monoisotopic (exact) mass is 405 g/mol. The molecule has 0 saturated carbocycles. The third-order valence-corrected chi connectivity index (χ3v) is 7.24. The first-order valence-electron chi connectivity index (χ1n) is 9.14. The van der Waals surface area contributed by atoms with Crippen LogP contribution in [0, 0.1) is 6.92 Å². The quantitative estimate of drug-likeness (QED) is 0.836. The Morgan fingerprint density at radius 3 is 2.68 bits per heavy atom. The molecule has 3 heterocycles. The number of nitrogens with one attached hydrogen (secondary N) is 1. The number of methoxy groups -OCH3 is 2. The summed E-state index contributed by atoms with van der Waals surface area (Å²) in [5.74, 6) is 1.58. The smallest absolute Gasteiger partial charge is 0.226 e. The molecule has 0 radical (unpaired) electrons. The fraction of sp³-hybridized carbons (Fsp3) is 0.474. The topological polar surface area (TPSA) is 99.5 Å². The number of aryl methyl sites for hydroxylation is 1. The van der Waals surface area contributed by atoms with Gasteiger partial charge in [0.1, 0.15) is 5.82 Å². The minimum absolute atomic E-state index is 0.0452. The van der Waals surface area contributed by atoms with Gasteiger partial charge in [-0.25, -0.2) is 13.1 Å². The molecule has 1 amide bonds. The molecule has 0 bridgehead atoms. The number of hydrogen-bond donors (Lipinski definition) is 1. The Bertz CT molecular complexity index is 1040. The summed E-state index contributed by atoms with van der Waals surface area (Å²) in [4.78, 5) is 12.5. The summed E-state index contributed by atoms with van der Waals surface area (Å²) in [5, 5.41) is 7.53. The molecule has 4 rings (SSSR count). The van der Waals surface area contributed by atoms with Crippen LogP contribution in [0.1, 0.15) is 41.6 Å². The van der Waals surface area contributed by atoms with Crippen molar-refractivity contribution < 1.29 is 22.7 Å². The summed E-state index contributed by atoms with van der Waals surface area (Å²) >= 11 is 0. The van der Waals surface area contributed by atoms with Gasteiger partial charge in [0.25, 0.3) is 0 Å². The van der Waals surface area contributed by atoms with E-state index in [1.807, 2.05) is 25.1 Å². The average molecular weight is 405 g/mol. The molecule has 150 valence electrons. The molecule has 0 spiro atoms. The van der Waals surface area contributed by atoms with E-state index in [1.54, 1.807) is 18.9 Å². The van der Waals surface area contributed by atoms with Crippen LogP contribution in [0.15, 0.2) is 18.2 Å². The summed E-state index contributed by atoms with van der Waals surface area (Å²) < 4.78 is 36.5. The number of fused-ring (bicyclic) bond motifs is 1. The van der Waals surface area contributed by atoms with Gasteiger partial charge in [-0.15, -0.1) is 0 Å². The van der Waals surface area contributed by atoms with Crippen LogP contribution in [-0.2, 0) is 14.6 Å². The number of carbonyl (C=O) groups is 1. The molecule has 28 heavy (non-hydrogen) atoms. The zero-order valence-electron chi connectivity index (χ0n) is 16.1. The number of amides is 1. The standard InChI is InChI=1S/C19H23N3O5S/c1-11-17-14(13-5-4-6-15(26-2)18(13)27-3)9-16(23)20-19(17)22(21-11)12-7-8-28(24,25)10-12/h4-6,12,14H,7-10H2,1-3H3,(H,20,23)/t12-,14-/m0/s1. The highest BCUT2D eigenvalue weighted by molar-refractivity contribution is 7.91. The van der Waals surface area contributed by atoms with Crippen LogP contribution in [0.25, 0.3) is 0 Å². The maximum absolute atomic E-state index is 12.5. The molecule has 0 aliphatic carbocycles. The molecular formula is C19H23N3O5S. The highest BCUT2D eigenvalue weighted by Crippen LogP contribution is 2.46. The highest BCUT2D eigenvalue weighted by Gasteiger charge is 2.38. The van der Waals surface area contributed by atoms with E-state index < -0.39 is 9.84 Å². The van der Waals surface area contributed by atoms with Gasteiger partial charge in [0, 0.05) is 23.5 Å². The molecule has 1 fully saturated rings. The fourth-order valence-electron chi connectivity index (χ4n) is 4.26. The second-order valence-corrected chi connectivity index (χ2v) is 9.47. The maximum atomic E-state index is 12.5. The van der Waals surface area contributed by atoms with E-state index in [2.05, 4.69) is 10.4 Å². The zero-order chi connectivity index (χ0) is 20.1. The number of ether oxygens (including phenoxy) is 2. The Morgan fingerprint density at radius 2 is 2.04 bits per heavy atom. The molecule has 2 aliphatic rings. The van der Waals surface area contributed by atoms with Crippen LogP contribution in [0.5, 0.6) is 11.5 Å². The minimum atomic E-state index is -3.07. The Hall–Kier alpha value is -2.55. The lowest BCUT2D eigenvalue weighted by molar-refractivity contribution is -0.116. The summed E-state index contributed by atoms with van der Waals surface area (Å²) in [6.07, 6.45) is 0.755. The number of anilines is 1. The van der Waals surface area contributed by atoms with E-state index in [1.165, 1.54) is 0 Å². The van der Waals surface area contributed by atoms with Gasteiger partial charge in [-0.1, -0.05) is 12.1 Å². The van der Waals surface area contributed by atoms with Gasteiger partial charge >= 0.3 is 0 Å². The van der Waals surface area contributed by atoms with Crippen molar-refractivity contribution in [3.8, 4) is 11.5 Å². The maximum Gasteiger partial charge on any atom is 0.226 e. The number of aromatic nitrogens is 2. The number of carbonyl (C=O) groups excluding carboxylic acids is 1. The van der Waals surface area contributed by atoms with Crippen molar-refractivity contribution in [2.24, 2.45) is 0 Å². The van der Waals surface area contributed by atoms with Gasteiger partial charge < -0.3 is 14.8 Å². The summed E-state index contributed by atoms with van der Waals surface area (Å²) in [6.45, 7) is 1.88. The number of benzene rings is 1. The number of para-hydroxylation sites is 1.